The van der Waals surface area contributed by atoms with Gasteiger partial charge in [-0.25, -0.2) is 0 Å². The first-order valence-corrected chi connectivity index (χ1v) is 13.1. The number of aliphatic hydroxyl groups excluding tert-OH is 1. The van der Waals surface area contributed by atoms with Gasteiger partial charge in [0.1, 0.15) is 5.75 Å². The maximum atomic E-state index is 10.8. The van der Waals surface area contributed by atoms with Gasteiger partial charge < -0.3 is 24.6 Å². The van der Waals surface area contributed by atoms with Crippen LogP contribution in [0.4, 0.5) is 0 Å². The highest BCUT2D eigenvalue weighted by atomic mass is 16.5. The summed E-state index contributed by atoms with van der Waals surface area (Å²) in [7, 11) is 0. The van der Waals surface area contributed by atoms with Crippen LogP contribution in [0.1, 0.15) is 29.0 Å². The van der Waals surface area contributed by atoms with Crippen molar-refractivity contribution in [2.75, 3.05) is 26.3 Å². The summed E-state index contributed by atoms with van der Waals surface area (Å²) >= 11 is 0. The number of fused-ring (bicyclic) bond motifs is 1. The second-order valence-electron chi connectivity index (χ2n) is 9.59. The summed E-state index contributed by atoms with van der Waals surface area (Å²) in [6, 6.07) is 33.0. The molecule has 2 N–H and O–H groups in total. The van der Waals surface area contributed by atoms with E-state index in [-0.39, 0.29) is 12.0 Å². The SMILES string of the molecule is O[C@@H]1CNC[C@H](OCc2ccc3ccccc3c2)[C@H]1c1ccc(OCCCOCc2ccccc2)cc1. The molecular formula is C32H35NO4. The van der Waals surface area contributed by atoms with Crippen LogP contribution in [0.2, 0.25) is 0 Å². The fourth-order valence-corrected chi connectivity index (χ4v) is 4.91. The van der Waals surface area contributed by atoms with E-state index < -0.39 is 6.10 Å². The molecule has 4 aromatic rings. The third kappa shape index (κ3) is 6.96. The molecule has 1 aliphatic heterocycles. The Morgan fingerprint density at radius 1 is 0.730 bits per heavy atom. The zero-order chi connectivity index (χ0) is 25.3. The van der Waals surface area contributed by atoms with Gasteiger partial charge in [-0.3, -0.25) is 0 Å². The van der Waals surface area contributed by atoms with Gasteiger partial charge in [0.25, 0.3) is 0 Å². The van der Waals surface area contributed by atoms with Crippen molar-refractivity contribution in [3.8, 4) is 5.75 Å². The van der Waals surface area contributed by atoms with Crippen LogP contribution in [0.5, 0.6) is 5.75 Å². The van der Waals surface area contributed by atoms with Crippen LogP contribution in [0, 0.1) is 0 Å². The molecule has 3 atom stereocenters. The van der Waals surface area contributed by atoms with Gasteiger partial charge >= 0.3 is 0 Å². The van der Waals surface area contributed by atoms with E-state index in [0.717, 1.165) is 23.3 Å². The summed E-state index contributed by atoms with van der Waals surface area (Å²) in [6.45, 7) is 3.65. The zero-order valence-corrected chi connectivity index (χ0v) is 21.1. The van der Waals surface area contributed by atoms with Crippen LogP contribution in [-0.2, 0) is 22.7 Å². The van der Waals surface area contributed by atoms with Gasteiger partial charge in [-0.1, -0.05) is 78.9 Å². The first kappa shape index (κ1) is 25.4. The first-order chi connectivity index (χ1) is 18.3. The topological polar surface area (TPSA) is 60.0 Å². The monoisotopic (exact) mass is 497 g/mol. The Morgan fingerprint density at radius 3 is 2.35 bits per heavy atom. The molecule has 192 valence electrons. The lowest BCUT2D eigenvalue weighted by molar-refractivity contribution is -0.0328. The Morgan fingerprint density at radius 2 is 1.51 bits per heavy atom. The van der Waals surface area contributed by atoms with Gasteiger partial charge in [0.2, 0.25) is 0 Å². The molecule has 37 heavy (non-hydrogen) atoms. The van der Waals surface area contributed by atoms with E-state index in [9.17, 15) is 5.11 Å². The summed E-state index contributed by atoms with van der Waals surface area (Å²) in [4.78, 5) is 0. The number of rotatable bonds is 11. The molecule has 1 aliphatic rings. The second kappa shape index (κ2) is 12.8. The average molecular weight is 498 g/mol. The predicted molar refractivity (Wildman–Crippen MR) is 147 cm³/mol. The summed E-state index contributed by atoms with van der Waals surface area (Å²) in [6.07, 6.45) is 0.194. The van der Waals surface area contributed by atoms with Crippen LogP contribution < -0.4 is 10.1 Å². The molecule has 0 unspecified atom stereocenters. The molecule has 0 spiro atoms. The highest BCUT2D eigenvalue weighted by Crippen LogP contribution is 2.30. The van der Waals surface area contributed by atoms with Crippen LogP contribution in [-0.4, -0.2) is 43.6 Å². The van der Waals surface area contributed by atoms with E-state index in [1.807, 2.05) is 42.5 Å². The van der Waals surface area contributed by atoms with Crippen molar-refractivity contribution in [3.63, 3.8) is 0 Å². The van der Waals surface area contributed by atoms with Crippen molar-refractivity contribution in [1.29, 1.82) is 0 Å². The molecule has 1 saturated heterocycles. The van der Waals surface area contributed by atoms with Crippen LogP contribution in [0.25, 0.3) is 10.8 Å². The molecule has 0 amide bonds. The smallest absolute Gasteiger partial charge is 0.119 e. The molecule has 5 rings (SSSR count). The maximum absolute atomic E-state index is 10.8. The number of benzene rings is 4. The molecule has 4 aromatic carbocycles. The quantitative estimate of drug-likeness (QED) is 0.270. The number of hydrogen-bond donors (Lipinski definition) is 2. The lowest BCUT2D eigenvalue weighted by atomic mass is 9.85. The standard InChI is InChI=1S/C32H35NO4/c34-30-20-33-21-31(37-23-25-11-12-26-9-4-5-10-28(26)19-25)32(30)27-13-15-29(16-14-27)36-18-6-17-35-22-24-7-2-1-3-8-24/h1-5,7-16,19,30-34H,6,17-18,20-23H2/t30-,31+,32+/m1/s1. The maximum Gasteiger partial charge on any atom is 0.119 e. The van der Waals surface area contributed by atoms with Crippen molar-refractivity contribution in [2.24, 2.45) is 0 Å². The van der Waals surface area contributed by atoms with Crippen LogP contribution in [0.3, 0.4) is 0 Å². The summed E-state index contributed by atoms with van der Waals surface area (Å²) in [5, 5.41) is 16.6. The molecule has 1 fully saturated rings. The van der Waals surface area contributed by atoms with Gasteiger partial charge in [-0.2, -0.15) is 0 Å². The molecule has 1 heterocycles. The summed E-state index contributed by atoms with van der Waals surface area (Å²) in [5.74, 6) is 0.728. The average Bonchev–Trinajstić information content (AvgIpc) is 2.95. The van der Waals surface area contributed by atoms with Crippen LogP contribution in [0.15, 0.2) is 97.1 Å². The molecule has 0 aromatic heterocycles. The molecule has 5 heteroatoms. The van der Waals surface area contributed by atoms with E-state index in [1.54, 1.807) is 0 Å². The van der Waals surface area contributed by atoms with Gasteiger partial charge in [0.15, 0.2) is 0 Å². The van der Waals surface area contributed by atoms with Gasteiger partial charge in [-0.05, 0) is 45.7 Å². The van der Waals surface area contributed by atoms with E-state index in [1.165, 1.54) is 16.3 Å². The largest absolute Gasteiger partial charge is 0.494 e. The number of hydrogen-bond acceptors (Lipinski definition) is 5. The first-order valence-electron chi connectivity index (χ1n) is 13.1. The van der Waals surface area contributed by atoms with Crippen molar-refractivity contribution >= 4 is 10.8 Å². The Hall–Kier alpha value is -3.22. The Balaban J connectivity index is 1.12. The lowest BCUT2D eigenvalue weighted by Gasteiger charge is -2.36. The van der Waals surface area contributed by atoms with E-state index >= 15 is 0 Å². The van der Waals surface area contributed by atoms with Crippen molar-refractivity contribution in [2.45, 2.75) is 37.8 Å². The molecule has 0 aliphatic carbocycles. The van der Waals surface area contributed by atoms with Gasteiger partial charge in [-0.15, -0.1) is 0 Å². The molecule has 5 nitrogen and oxygen atoms in total. The summed E-state index contributed by atoms with van der Waals surface area (Å²) in [5.41, 5.74) is 3.38. The number of aliphatic hydroxyl groups is 1. The Kier molecular flexibility index (Phi) is 8.82. The fraction of sp³-hybridized carbons (Fsp3) is 0.312. The number of β-amino-alcohol motifs (C(OH)–C–C–N with tert-alkyl or cyclic N) is 1. The number of ether oxygens (including phenoxy) is 3. The van der Waals surface area contributed by atoms with E-state index in [2.05, 4.69) is 59.9 Å². The normalized spacial score (nSPS) is 19.6. The highest BCUT2D eigenvalue weighted by molar-refractivity contribution is 5.82. The zero-order valence-electron chi connectivity index (χ0n) is 21.1. The third-order valence-corrected chi connectivity index (χ3v) is 6.87. The molecular weight excluding hydrogens is 462 g/mol. The van der Waals surface area contributed by atoms with E-state index in [4.69, 9.17) is 14.2 Å². The molecule has 0 radical (unpaired) electrons. The van der Waals surface area contributed by atoms with Crippen molar-refractivity contribution in [1.82, 2.24) is 5.32 Å². The van der Waals surface area contributed by atoms with Crippen LogP contribution >= 0.6 is 0 Å². The minimum absolute atomic E-state index is 0.0952. The van der Waals surface area contributed by atoms with E-state index in [0.29, 0.717) is 39.5 Å². The molecule has 0 bridgehead atoms. The van der Waals surface area contributed by atoms with Crippen molar-refractivity contribution < 1.29 is 19.3 Å². The minimum Gasteiger partial charge on any atom is -0.494 e. The summed E-state index contributed by atoms with van der Waals surface area (Å²) < 4.78 is 18.0. The molecule has 0 saturated carbocycles. The number of piperidine rings is 1. The van der Waals surface area contributed by atoms with Gasteiger partial charge in [0, 0.05) is 25.4 Å². The third-order valence-electron chi connectivity index (χ3n) is 6.87. The fourth-order valence-electron chi connectivity index (χ4n) is 4.91. The Labute approximate surface area is 219 Å². The number of nitrogens with one attached hydrogen (secondary N) is 1. The predicted octanol–water partition coefficient (Wildman–Crippen LogP) is 5.46. The minimum atomic E-state index is -0.510. The lowest BCUT2D eigenvalue weighted by Crippen LogP contribution is -2.49. The highest BCUT2D eigenvalue weighted by Gasteiger charge is 2.34. The second-order valence-corrected chi connectivity index (χ2v) is 9.59. The van der Waals surface area contributed by atoms with Crippen molar-refractivity contribution in [3.05, 3.63) is 114 Å². The Bertz CT molecular complexity index is 1240. The van der Waals surface area contributed by atoms with Gasteiger partial charge in [0.05, 0.1) is 38.6 Å².